The van der Waals surface area contributed by atoms with Gasteiger partial charge in [0, 0.05) is 56.1 Å². The number of anilines is 6. The third-order valence-electron chi connectivity index (χ3n) is 15.9. The summed E-state index contributed by atoms with van der Waals surface area (Å²) in [5, 5.41) is 23.0. The summed E-state index contributed by atoms with van der Waals surface area (Å²) in [7, 11) is -6.00. The fraction of sp³-hybridized carbons (Fsp3) is 0.316. The Balaban J connectivity index is 0.000000201. The fourth-order valence-corrected chi connectivity index (χ4v) is 13.7. The van der Waals surface area contributed by atoms with Crippen molar-refractivity contribution in [2.75, 3.05) is 31.5 Å². The van der Waals surface area contributed by atoms with Crippen molar-refractivity contribution in [3.8, 4) is 17.1 Å². The molecule has 0 saturated carbocycles. The highest BCUT2D eigenvalue weighted by molar-refractivity contribution is 8.13. The molecule has 25 heteroatoms. The molecule has 104 heavy (non-hydrogen) atoms. The van der Waals surface area contributed by atoms with Gasteiger partial charge in [-0.1, -0.05) is 132 Å². The zero-order valence-electron chi connectivity index (χ0n) is 61.1. The Morgan fingerprint density at radius 3 is 1.00 bits per heavy atom. The summed E-state index contributed by atoms with van der Waals surface area (Å²) in [4.78, 5) is 14.3. The molecule has 0 unspecified atom stereocenters. The highest BCUT2D eigenvalue weighted by Crippen LogP contribution is 2.33. The van der Waals surface area contributed by atoms with E-state index in [1.165, 1.54) is 12.1 Å². The molecular formula is C79H100ClN15O6S3. The number of nitrogens with two attached hydrogens (primary N) is 2. The first-order valence-corrected chi connectivity index (χ1v) is 38.4. The molecule has 12 rings (SSSR count). The molecule has 6 aromatic heterocycles. The Hall–Kier alpha value is -9.88. The van der Waals surface area contributed by atoms with Gasteiger partial charge in [0.1, 0.15) is 34.9 Å². The molecule has 0 radical (unpaired) electrons. The van der Waals surface area contributed by atoms with Gasteiger partial charge < -0.3 is 22.1 Å². The van der Waals surface area contributed by atoms with Crippen LogP contribution in [0.2, 0.25) is 0 Å². The van der Waals surface area contributed by atoms with Crippen molar-refractivity contribution < 1.29 is 25.3 Å². The zero-order chi connectivity index (χ0) is 74.9. The summed E-state index contributed by atoms with van der Waals surface area (Å²) in [6, 6.07) is 54.6. The van der Waals surface area contributed by atoms with Gasteiger partial charge in [-0.2, -0.15) is 15.3 Å². The van der Waals surface area contributed by atoms with Crippen LogP contribution in [0.25, 0.3) is 49.8 Å². The van der Waals surface area contributed by atoms with Crippen LogP contribution < -0.4 is 31.5 Å². The summed E-state index contributed by atoms with van der Waals surface area (Å²) < 4.78 is 84.9. The van der Waals surface area contributed by atoms with Crippen molar-refractivity contribution in [2.45, 2.75) is 181 Å². The molecule has 0 saturated heterocycles. The van der Waals surface area contributed by atoms with Crippen LogP contribution in [0.4, 0.5) is 34.9 Å². The first kappa shape index (κ1) is 81.4. The molecular weight excluding hydrogens is 1390 g/mol. The number of hydrogen-bond donors (Lipinski definition) is 6. The number of fused-ring (bicyclic) bond motifs is 3. The molecule has 0 aliphatic heterocycles. The molecule has 21 nitrogen and oxygen atoms in total. The van der Waals surface area contributed by atoms with E-state index in [4.69, 9.17) is 32.1 Å². The van der Waals surface area contributed by atoms with Crippen molar-refractivity contribution in [3.63, 3.8) is 0 Å². The predicted octanol–water partition coefficient (Wildman–Crippen LogP) is 18.2. The van der Waals surface area contributed by atoms with E-state index in [9.17, 15) is 25.3 Å². The van der Waals surface area contributed by atoms with Crippen molar-refractivity contribution in [1.82, 2.24) is 44.3 Å². The van der Waals surface area contributed by atoms with Crippen LogP contribution in [-0.2, 0) is 45.3 Å². The number of halogens is 1. The van der Waals surface area contributed by atoms with Gasteiger partial charge in [-0.05, 0) is 204 Å². The molecule has 0 fully saturated rings. The van der Waals surface area contributed by atoms with Gasteiger partial charge in [0.2, 0.25) is 0 Å². The van der Waals surface area contributed by atoms with Crippen LogP contribution in [0.1, 0.15) is 152 Å². The third kappa shape index (κ3) is 20.5. The summed E-state index contributed by atoms with van der Waals surface area (Å²) >= 11 is 0. The van der Waals surface area contributed by atoms with Crippen LogP contribution in [0, 0.1) is 20.8 Å². The molecule has 0 amide bonds. The predicted molar refractivity (Wildman–Crippen MR) is 430 cm³/mol. The highest BCUT2D eigenvalue weighted by atomic mass is 35.7. The molecule has 0 aliphatic rings. The topological polar surface area (TPSA) is 295 Å². The first-order valence-electron chi connectivity index (χ1n) is 33.1. The molecule has 12 aromatic rings. The minimum absolute atomic E-state index is 0. The van der Waals surface area contributed by atoms with E-state index >= 15 is 0 Å². The SMILES string of the molecule is C.C.CC(C)(C)c1ccc(S(=O)(=O)Cl)cc1.Cc1cc(N)n(-c2cccc3nc(NC(C)(C)C)ccc23)n1.Cc1cc(NS(=O)(=O)c2ccc(C(C)(C)C)cc2)n(-c2cccc3nc(N)ccc23)n1.Cc1cc(NS(=O)(=O)c2ccc(C(C)(C)C)cc2)n(-c2cccc3nc(NC(C)(C)C)ccc23)n1. The second-order valence-electron chi connectivity index (χ2n) is 30.2. The molecule has 8 N–H and O–H groups in total. The number of nitrogens with one attached hydrogen (secondary N) is 4. The van der Waals surface area contributed by atoms with Gasteiger partial charge >= 0.3 is 0 Å². The smallest absolute Gasteiger partial charge is 0.263 e. The summed E-state index contributed by atoms with van der Waals surface area (Å²) in [6.45, 7) is 36.9. The second-order valence-corrected chi connectivity index (χ2v) is 36.1. The van der Waals surface area contributed by atoms with E-state index in [0.717, 1.165) is 72.6 Å². The number of nitrogen functional groups attached to an aromatic ring is 2. The molecule has 0 spiro atoms. The number of aromatic nitrogens is 9. The lowest BCUT2D eigenvalue weighted by Gasteiger charge is -2.21. The monoisotopic (exact) mass is 1490 g/mol. The third-order valence-corrected chi connectivity index (χ3v) is 20.0. The van der Waals surface area contributed by atoms with Gasteiger partial charge in [-0.25, -0.2) is 54.3 Å². The minimum Gasteiger partial charge on any atom is -0.384 e. The van der Waals surface area contributed by atoms with Gasteiger partial charge in [-0.3, -0.25) is 9.44 Å². The van der Waals surface area contributed by atoms with Gasteiger partial charge in [0.05, 0.1) is 65.4 Å². The van der Waals surface area contributed by atoms with Crippen molar-refractivity contribution in [2.24, 2.45) is 0 Å². The van der Waals surface area contributed by atoms with Gasteiger partial charge in [-0.15, -0.1) is 0 Å². The Kier molecular flexibility index (Phi) is 24.4. The molecule has 6 aromatic carbocycles. The number of benzene rings is 6. The quantitative estimate of drug-likeness (QED) is 0.0620. The lowest BCUT2D eigenvalue weighted by atomic mass is 9.87. The average Bonchev–Trinajstić information content (AvgIpc) is 1.55. The molecule has 0 bridgehead atoms. The Morgan fingerprint density at radius 1 is 0.375 bits per heavy atom. The molecule has 0 atom stereocenters. The second kappa shape index (κ2) is 31.2. The molecule has 0 aliphatic carbocycles. The molecule has 552 valence electrons. The number of aryl methyl sites for hydroxylation is 3. The number of nitrogens with zero attached hydrogens (tertiary/aromatic N) is 9. The Bertz CT molecular complexity index is 5370. The van der Waals surface area contributed by atoms with Crippen LogP contribution in [0.3, 0.4) is 0 Å². The summed E-state index contributed by atoms with van der Waals surface area (Å²) in [6.07, 6.45) is 0. The van der Waals surface area contributed by atoms with E-state index in [1.807, 2.05) is 130 Å². The Morgan fingerprint density at radius 2 is 0.683 bits per heavy atom. The lowest BCUT2D eigenvalue weighted by Crippen LogP contribution is -2.26. The van der Waals surface area contributed by atoms with E-state index in [1.54, 1.807) is 68.6 Å². The lowest BCUT2D eigenvalue weighted by molar-refractivity contribution is 0.587. The highest BCUT2D eigenvalue weighted by Gasteiger charge is 2.25. The largest absolute Gasteiger partial charge is 0.384 e. The van der Waals surface area contributed by atoms with Gasteiger partial charge in [0.15, 0.2) is 0 Å². The van der Waals surface area contributed by atoms with Crippen molar-refractivity contribution in [1.29, 1.82) is 0 Å². The number of hydrogen-bond acceptors (Lipinski definition) is 16. The average molecular weight is 1490 g/mol. The van der Waals surface area contributed by atoms with Crippen LogP contribution in [0.5, 0.6) is 0 Å². The van der Waals surface area contributed by atoms with Crippen molar-refractivity contribution in [3.05, 3.63) is 216 Å². The normalized spacial score (nSPS) is 12.1. The first-order chi connectivity index (χ1) is 47.3. The maximum atomic E-state index is 13.2. The van der Waals surface area contributed by atoms with Crippen LogP contribution in [0.15, 0.2) is 197 Å². The van der Waals surface area contributed by atoms with Crippen LogP contribution in [-0.4, -0.2) is 80.6 Å². The summed E-state index contributed by atoms with van der Waals surface area (Å²) in [5.74, 6) is 3.40. The number of sulfonamides is 2. The number of rotatable bonds is 12. The van der Waals surface area contributed by atoms with Crippen molar-refractivity contribution >= 4 is 107 Å². The maximum absolute atomic E-state index is 13.2. The zero-order valence-corrected chi connectivity index (χ0v) is 64.3. The standard InChI is InChI=1S/C27H33N5O2S.C23H25N5O2S.C17H21N5.C10H13ClO2S.2CH4/c1-18-17-25(31-35(33,34)20-13-11-19(12-14-20)26(2,3)4)32(30-18)23-10-8-9-22-21(23)15-16-24(28-22)29-27(5,6)7;1-15-14-22(27-31(29,30)17-10-8-16(9-11-17)23(2,3)4)28(26-15)20-7-5-6-19-18(20)12-13-21(24)25-19;1-11-10-15(18)22(21-11)14-7-5-6-13-12(14)8-9-16(19-13)20-17(2,3)4;1-10(2,3)8-4-6-9(7-5-8)14(11,12)13;;/h8-17,31H,1-7H3,(H,28,29);5-14,27H,1-4H3,(H2,24,25);5-10H,18H2,1-4H3,(H,19,20);4-7H,1-3H3;2*1H4. The van der Waals surface area contributed by atoms with Gasteiger partial charge in [0.25, 0.3) is 29.1 Å². The van der Waals surface area contributed by atoms with Crippen LogP contribution >= 0.6 is 10.7 Å². The fourth-order valence-electron chi connectivity index (χ4n) is 10.9. The Labute approximate surface area is 618 Å². The van der Waals surface area contributed by atoms with E-state index < -0.39 is 29.1 Å². The van der Waals surface area contributed by atoms with E-state index in [-0.39, 0.29) is 56.9 Å². The molecule has 6 heterocycles. The number of pyridine rings is 3. The summed E-state index contributed by atoms with van der Waals surface area (Å²) in [5.41, 5.74) is 21.9. The minimum atomic E-state index is -3.81. The van der Waals surface area contributed by atoms with E-state index in [0.29, 0.717) is 45.9 Å². The maximum Gasteiger partial charge on any atom is 0.263 e. The van der Waals surface area contributed by atoms with E-state index in [2.05, 4.69) is 150 Å².